The van der Waals surface area contributed by atoms with Gasteiger partial charge in [0.15, 0.2) is 11.6 Å². The van der Waals surface area contributed by atoms with E-state index in [1.54, 1.807) is 11.3 Å². The summed E-state index contributed by atoms with van der Waals surface area (Å²) in [7, 11) is 0. The lowest BCUT2D eigenvalue weighted by atomic mass is 9.84. The molecule has 2 amide bonds. The standard InChI is InChI=1S/C34H46N6O4S/c1-20(2)31(29-15-30(38-44-29)39-11-9-23(10-12-39)13-24-16-35-17-24)34(43)40-18-27(41)14-28(40)33(42)37-21(3)25-5-7-26(8-6-25)32-22(4)36-19-45-32/h5-8,15,19-21,23-24,27-28,31,35,41H,9-14,16-18H2,1-4H3,(H,37,42)/t21?,27-,28+,31?/m1/s1. The molecule has 2 aromatic heterocycles. The third-order valence-corrected chi connectivity index (χ3v) is 10.8. The number of aryl methyl sites for hydroxylation is 1. The Morgan fingerprint density at radius 3 is 2.49 bits per heavy atom. The number of piperidine rings is 1. The Morgan fingerprint density at radius 1 is 1.13 bits per heavy atom. The van der Waals surface area contributed by atoms with Gasteiger partial charge in [0.25, 0.3) is 0 Å². The van der Waals surface area contributed by atoms with Crippen molar-refractivity contribution in [3.8, 4) is 10.4 Å². The number of hydrogen-bond acceptors (Lipinski definition) is 9. The molecule has 3 aromatic rings. The van der Waals surface area contributed by atoms with Crippen LogP contribution >= 0.6 is 11.3 Å². The van der Waals surface area contributed by atoms with Crippen LogP contribution in [0.3, 0.4) is 0 Å². The highest BCUT2D eigenvalue weighted by Crippen LogP contribution is 2.35. The number of nitrogens with zero attached hydrogens (tertiary/aromatic N) is 4. The Balaban J connectivity index is 1.09. The summed E-state index contributed by atoms with van der Waals surface area (Å²) >= 11 is 1.61. The molecular weight excluding hydrogens is 588 g/mol. The number of anilines is 1. The van der Waals surface area contributed by atoms with Crippen LogP contribution in [0.4, 0.5) is 5.82 Å². The fourth-order valence-electron chi connectivity index (χ4n) is 7.07. The maximum absolute atomic E-state index is 14.1. The van der Waals surface area contributed by atoms with Crippen LogP contribution in [0.1, 0.15) is 75.4 Å². The van der Waals surface area contributed by atoms with Crippen molar-refractivity contribution in [1.29, 1.82) is 0 Å². The average molecular weight is 635 g/mol. The summed E-state index contributed by atoms with van der Waals surface area (Å²) in [5.74, 6) is 1.69. The lowest BCUT2D eigenvalue weighted by molar-refractivity contribution is -0.141. The van der Waals surface area contributed by atoms with E-state index in [1.165, 1.54) is 11.3 Å². The Bertz CT molecular complexity index is 1460. The van der Waals surface area contributed by atoms with E-state index in [0.717, 1.165) is 78.4 Å². The number of aliphatic hydroxyl groups excluding tert-OH is 1. The molecule has 2 unspecified atom stereocenters. The molecule has 1 aromatic carbocycles. The number of β-amino-alcohol motifs (C(OH)–C–C–N with tert-alkyl or cyclic N) is 1. The van der Waals surface area contributed by atoms with Gasteiger partial charge in [0.05, 0.1) is 28.2 Å². The fraction of sp³-hybridized carbons (Fsp3) is 0.588. The van der Waals surface area contributed by atoms with Gasteiger partial charge >= 0.3 is 0 Å². The van der Waals surface area contributed by atoms with Gasteiger partial charge in [-0.2, -0.15) is 0 Å². The lowest BCUT2D eigenvalue weighted by Gasteiger charge is -2.36. The molecule has 3 fully saturated rings. The molecule has 0 spiro atoms. The Labute approximate surface area is 269 Å². The summed E-state index contributed by atoms with van der Waals surface area (Å²) in [6, 6.07) is 8.98. The molecule has 6 rings (SSSR count). The first-order valence-electron chi connectivity index (χ1n) is 16.4. The molecule has 4 atom stereocenters. The second-order valence-corrected chi connectivity index (χ2v) is 14.4. The number of hydrogen-bond donors (Lipinski definition) is 3. The molecule has 0 aliphatic carbocycles. The number of rotatable bonds is 10. The minimum atomic E-state index is -0.767. The van der Waals surface area contributed by atoms with E-state index >= 15 is 0 Å². The Kier molecular flexibility index (Phi) is 9.58. The predicted molar refractivity (Wildman–Crippen MR) is 175 cm³/mol. The molecule has 45 heavy (non-hydrogen) atoms. The van der Waals surface area contributed by atoms with Crippen LogP contribution in [-0.4, -0.2) is 76.8 Å². The number of thiazole rings is 1. The van der Waals surface area contributed by atoms with Gasteiger partial charge in [-0.15, -0.1) is 11.3 Å². The summed E-state index contributed by atoms with van der Waals surface area (Å²) in [5, 5.41) is 21.4. The van der Waals surface area contributed by atoms with Gasteiger partial charge in [-0.1, -0.05) is 43.3 Å². The average Bonchev–Trinajstić information content (AvgIpc) is 3.75. The summed E-state index contributed by atoms with van der Waals surface area (Å²) in [5.41, 5.74) is 4.89. The topological polar surface area (TPSA) is 124 Å². The number of amides is 2. The van der Waals surface area contributed by atoms with Crippen molar-refractivity contribution in [3.05, 3.63) is 52.9 Å². The summed E-state index contributed by atoms with van der Waals surface area (Å²) in [4.78, 5) is 36.9. The first-order valence-corrected chi connectivity index (χ1v) is 17.3. The van der Waals surface area contributed by atoms with Crippen LogP contribution in [0.25, 0.3) is 10.4 Å². The van der Waals surface area contributed by atoms with Crippen molar-refractivity contribution in [3.63, 3.8) is 0 Å². The van der Waals surface area contributed by atoms with Gasteiger partial charge in [0, 0.05) is 32.1 Å². The van der Waals surface area contributed by atoms with Gasteiger partial charge in [0.1, 0.15) is 12.0 Å². The largest absolute Gasteiger partial charge is 0.391 e. The smallest absolute Gasteiger partial charge is 0.243 e. The molecule has 3 aliphatic rings. The second kappa shape index (κ2) is 13.6. The number of carbonyl (C=O) groups excluding carboxylic acids is 2. The van der Waals surface area contributed by atoms with E-state index in [9.17, 15) is 14.7 Å². The highest BCUT2D eigenvalue weighted by atomic mass is 32.1. The van der Waals surface area contributed by atoms with Crippen molar-refractivity contribution in [1.82, 2.24) is 25.7 Å². The number of aliphatic hydroxyl groups is 1. The molecule has 0 saturated carbocycles. The molecule has 0 radical (unpaired) electrons. The zero-order valence-electron chi connectivity index (χ0n) is 26.7. The summed E-state index contributed by atoms with van der Waals surface area (Å²) < 4.78 is 5.81. The van der Waals surface area contributed by atoms with Gasteiger partial charge < -0.3 is 30.1 Å². The van der Waals surface area contributed by atoms with Crippen LogP contribution in [0.2, 0.25) is 0 Å². The molecule has 5 heterocycles. The number of nitrogens with one attached hydrogen (secondary N) is 2. The van der Waals surface area contributed by atoms with Crippen LogP contribution in [0.5, 0.6) is 0 Å². The molecule has 3 N–H and O–H groups in total. The third-order valence-electron chi connectivity index (χ3n) is 9.87. The van der Waals surface area contributed by atoms with Crippen molar-refractivity contribution in [2.75, 3.05) is 37.6 Å². The number of aromatic nitrogens is 2. The van der Waals surface area contributed by atoms with Crippen LogP contribution in [0, 0.1) is 24.7 Å². The normalized spacial score (nSPS) is 22.4. The quantitative estimate of drug-likeness (QED) is 0.298. The maximum Gasteiger partial charge on any atom is 0.243 e. The molecule has 3 aliphatic heterocycles. The van der Waals surface area contributed by atoms with E-state index in [2.05, 4.69) is 25.7 Å². The first kappa shape index (κ1) is 31.7. The SMILES string of the molecule is Cc1ncsc1-c1ccc(C(C)NC(=O)[C@@H]2C[C@@H](O)CN2C(=O)C(c2cc(N3CCC(CC4CNC4)CC3)no2)C(C)C)cc1. The van der Waals surface area contributed by atoms with Crippen molar-refractivity contribution < 1.29 is 19.2 Å². The van der Waals surface area contributed by atoms with E-state index in [0.29, 0.717) is 5.76 Å². The van der Waals surface area contributed by atoms with Crippen molar-refractivity contribution in [2.45, 2.75) is 77.5 Å². The Morgan fingerprint density at radius 2 is 1.87 bits per heavy atom. The lowest BCUT2D eigenvalue weighted by Crippen LogP contribution is -2.48. The van der Waals surface area contributed by atoms with E-state index in [4.69, 9.17) is 4.52 Å². The van der Waals surface area contributed by atoms with Gasteiger partial charge in [-0.05, 0) is 75.1 Å². The zero-order valence-corrected chi connectivity index (χ0v) is 27.6. The second-order valence-electron chi connectivity index (χ2n) is 13.5. The van der Waals surface area contributed by atoms with E-state index in [1.807, 2.05) is 63.5 Å². The third kappa shape index (κ3) is 6.95. The predicted octanol–water partition coefficient (Wildman–Crippen LogP) is 4.51. The summed E-state index contributed by atoms with van der Waals surface area (Å²) in [6.45, 7) is 12.2. The minimum absolute atomic E-state index is 0.0822. The molecule has 242 valence electrons. The highest BCUT2D eigenvalue weighted by Gasteiger charge is 2.43. The van der Waals surface area contributed by atoms with Crippen LogP contribution < -0.4 is 15.5 Å². The van der Waals surface area contributed by atoms with Crippen LogP contribution in [-0.2, 0) is 9.59 Å². The number of benzene rings is 1. The maximum atomic E-state index is 14.1. The first-order chi connectivity index (χ1) is 21.7. The van der Waals surface area contributed by atoms with Gasteiger partial charge in [-0.3, -0.25) is 9.59 Å². The minimum Gasteiger partial charge on any atom is -0.391 e. The molecule has 11 heteroatoms. The zero-order chi connectivity index (χ0) is 31.7. The fourth-order valence-corrected chi connectivity index (χ4v) is 7.89. The van der Waals surface area contributed by atoms with E-state index in [-0.39, 0.29) is 36.7 Å². The molecular formula is C34H46N6O4S. The van der Waals surface area contributed by atoms with E-state index < -0.39 is 18.1 Å². The van der Waals surface area contributed by atoms with Gasteiger partial charge in [0.2, 0.25) is 11.8 Å². The van der Waals surface area contributed by atoms with Crippen LogP contribution in [0.15, 0.2) is 40.4 Å². The number of carbonyl (C=O) groups is 2. The van der Waals surface area contributed by atoms with Gasteiger partial charge in [-0.25, -0.2) is 4.98 Å². The molecule has 10 nitrogen and oxygen atoms in total. The van der Waals surface area contributed by atoms with Crippen molar-refractivity contribution >= 4 is 29.0 Å². The monoisotopic (exact) mass is 634 g/mol. The number of likely N-dealkylation sites (tertiary alicyclic amines) is 1. The highest BCUT2D eigenvalue weighted by molar-refractivity contribution is 7.13. The molecule has 3 saturated heterocycles. The summed E-state index contributed by atoms with van der Waals surface area (Å²) in [6.07, 6.45) is 3.01. The molecule has 0 bridgehead atoms. The van der Waals surface area contributed by atoms with Crippen molar-refractivity contribution in [2.24, 2.45) is 17.8 Å². The Hall–Kier alpha value is -3.28.